The number of aryl methyl sites for hydroxylation is 1. The molecule has 0 spiro atoms. The summed E-state index contributed by atoms with van der Waals surface area (Å²) in [4.78, 5) is 27.4. The number of nitrogens with zero attached hydrogens (tertiary/aromatic N) is 2. The van der Waals surface area contributed by atoms with Crippen molar-refractivity contribution in [2.24, 2.45) is 5.92 Å². The van der Waals surface area contributed by atoms with Crippen molar-refractivity contribution in [2.75, 3.05) is 6.54 Å². The van der Waals surface area contributed by atoms with Crippen LogP contribution in [0.1, 0.15) is 31.9 Å². The van der Waals surface area contributed by atoms with E-state index >= 15 is 0 Å². The summed E-state index contributed by atoms with van der Waals surface area (Å²) in [7, 11) is 0. The van der Waals surface area contributed by atoms with E-state index in [9.17, 15) is 9.59 Å². The van der Waals surface area contributed by atoms with Crippen molar-refractivity contribution in [1.29, 1.82) is 0 Å². The number of hydrogen-bond donors (Lipinski definition) is 1. The van der Waals surface area contributed by atoms with Gasteiger partial charge in [-0.1, -0.05) is 13.3 Å². The topological polar surface area (TPSA) is 64.0 Å². The van der Waals surface area contributed by atoms with Gasteiger partial charge < -0.3 is 5.32 Å². The van der Waals surface area contributed by atoms with E-state index < -0.39 is 0 Å². The Bertz CT molecular complexity index is 477. The van der Waals surface area contributed by atoms with E-state index in [2.05, 4.69) is 10.3 Å². The van der Waals surface area contributed by atoms with Crippen molar-refractivity contribution < 1.29 is 4.79 Å². The maximum absolute atomic E-state index is 11.7. The van der Waals surface area contributed by atoms with Crippen molar-refractivity contribution in [3.05, 3.63) is 28.4 Å². The molecule has 2 rings (SSSR count). The Morgan fingerprint density at radius 2 is 2.33 bits per heavy atom. The molecular weight excluding hydrogens is 230 g/mol. The summed E-state index contributed by atoms with van der Waals surface area (Å²) in [5.41, 5.74) is 0.745. The molecule has 5 nitrogen and oxygen atoms in total. The summed E-state index contributed by atoms with van der Waals surface area (Å²) in [6.45, 7) is 2.93. The van der Waals surface area contributed by atoms with E-state index in [0.717, 1.165) is 31.4 Å². The smallest absolute Gasteiger partial charge is 0.253 e. The first-order valence-corrected chi connectivity index (χ1v) is 6.53. The van der Waals surface area contributed by atoms with Gasteiger partial charge in [-0.15, -0.1) is 0 Å². The SMILES string of the molecule is CCc1cc(=O)n(CCNC(=O)C2CCC2)cn1. The lowest BCUT2D eigenvalue weighted by Gasteiger charge is -2.24. The molecule has 1 aromatic rings. The zero-order valence-electron chi connectivity index (χ0n) is 10.7. The van der Waals surface area contributed by atoms with Crippen LogP contribution in [0.15, 0.2) is 17.2 Å². The van der Waals surface area contributed by atoms with Gasteiger partial charge in [0.2, 0.25) is 5.91 Å². The average molecular weight is 249 g/mol. The van der Waals surface area contributed by atoms with Gasteiger partial charge in [0.15, 0.2) is 0 Å². The van der Waals surface area contributed by atoms with E-state index in [-0.39, 0.29) is 17.4 Å². The first-order valence-electron chi connectivity index (χ1n) is 6.53. The van der Waals surface area contributed by atoms with Gasteiger partial charge in [-0.05, 0) is 19.3 Å². The van der Waals surface area contributed by atoms with Crippen LogP contribution in [0.25, 0.3) is 0 Å². The molecule has 0 radical (unpaired) electrons. The molecule has 0 atom stereocenters. The van der Waals surface area contributed by atoms with Crippen LogP contribution in [0, 0.1) is 5.92 Å². The van der Waals surface area contributed by atoms with E-state index in [1.165, 1.54) is 4.57 Å². The number of carbonyl (C=O) groups excluding carboxylic acids is 1. The number of hydrogen-bond acceptors (Lipinski definition) is 3. The standard InChI is InChI=1S/C13H19N3O2/c1-2-11-8-12(17)16(9-15-11)7-6-14-13(18)10-4-3-5-10/h8-10H,2-7H2,1H3,(H,14,18). The number of amides is 1. The Morgan fingerprint density at radius 3 is 2.89 bits per heavy atom. The molecule has 0 aromatic carbocycles. The summed E-state index contributed by atoms with van der Waals surface area (Å²) in [5.74, 6) is 0.315. The van der Waals surface area contributed by atoms with Crippen molar-refractivity contribution in [2.45, 2.75) is 39.2 Å². The molecule has 1 fully saturated rings. The van der Waals surface area contributed by atoms with Gasteiger partial charge in [-0.2, -0.15) is 0 Å². The van der Waals surface area contributed by atoms with Gasteiger partial charge >= 0.3 is 0 Å². The summed E-state index contributed by atoms with van der Waals surface area (Å²) in [5, 5.41) is 2.86. The zero-order valence-corrected chi connectivity index (χ0v) is 10.7. The van der Waals surface area contributed by atoms with Gasteiger partial charge in [0.1, 0.15) is 0 Å². The first-order chi connectivity index (χ1) is 8.70. The monoisotopic (exact) mass is 249 g/mol. The Kier molecular flexibility index (Phi) is 4.12. The normalized spacial score (nSPS) is 15.2. The lowest BCUT2D eigenvalue weighted by molar-refractivity contribution is -0.127. The number of aromatic nitrogens is 2. The van der Waals surface area contributed by atoms with Crippen LogP contribution < -0.4 is 10.9 Å². The minimum atomic E-state index is -0.0558. The van der Waals surface area contributed by atoms with E-state index in [1.54, 1.807) is 12.4 Å². The van der Waals surface area contributed by atoms with E-state index in [0.29, 0.717) is 13.1 Å². The van der Waals surface area contributed by atoms with Crippen LogP contribution in [0.2, 0.25) is 0 Å². The highest BCUT2D eigenvalue weighted by Gasteiger charge is 2.24. The fraction of sp³-hybridized carbons (Fsp3) is 0.615. The molecule has 0 unspecified atom stereocenters. The molecule has 0 saturated heterocycles. The number of carbonyl (C=O) groups is 1. The highest BCUT2D eigenvalue weighted by atomic mass is 16.2. The Morgan fingerprint density at radius 1 is 1.56 bits per heavy atom. The first kappa shape index (κ1) is 12.8. The molecular formula is C13H19N3O2. The molecule has 5 heteroatoms. The minimum Gasteiger partial charge on any atom is -0.354 e. The number of rotatable bonds is 5. The van der Waals surface area contributed by atoms with Gasteiger partial charge in [-0.25, -0.2) is 4.98 Å². The van der Waals surface area contributed by atoms with Crippen molar-refractivity contribution >= 4 is 5.91 Å². The molecule has 1 saturated carbocycles. The van der Waals surface area contributed by atoms with Crippen LogP contribution in [0.3, 0.4) is 0 Å². The summed E-state index contributed by atoms with van der Waals surface area (Å²) < 4.78 is 1.53. The van der Waals surface area contributed by atoms with E-state index in [1.807, 2.05) is 6.92 Å². The molecule has 1 N–H and O–H groups in total. The van der Waals surface area contributed by atoms with Crippen LogP contribution in [0.4, 0.5) is 0 Å². The van der Waals surface area contributed by atoms with Gasteiger partial charge in [0.25, 0.3) is 5.56 Å². The lowest BCUT2D eigenvalue weighted by Crippen LogP contribution is -2.37. The summed E-state index contributed by atoms with van der Waals surface area (Å²) >= 11 is 0. The molecule has 18 heavy (non-hydrogen) atoms. The molecule has 0 aliphatic heterocycles. The molecule has 1 heterocycles. The van der Waals surface area contributed by atoms with Gasteiger partial charge in [-0.3, -0.25) is 14.2 Å². The second-order valence-corrected chi connectivity index (χ2v) is 4.68. The van der Waals surface area contributed by atoms with Gasteiger partial charge in [0, 0.05) is 30.8 Å². The second-order valence-electron chi connectivity index (χ2n) is 4.68. The molecule has 0 bridgehead atoms. The highest BCUT2D eigenvalue weighted by Crippen LogP contribution is 2.25. The third-order valence-corrected chi connectivity index (χ3v) is 3.43. The Balaban J connectivity index is 1.82. The molecule has 1 amide bonds. The predicted octanol–water partition coefficient (Wildman–Crippen LogP) is 0.722. The van der Waals surface area contributed by atoms with Crippen LogP contribution in [-0.4, -0.2) is 22.0 Å². The third kappa shape index (κ3) is 2.97. The summed E-state index contributed by atoms with van der Waals surface area (Å²) in [6, 6.07) is 1.55. The maximum atomic E-state index is 11.7. The molecule has 98 valence electrons. The van der Waals surface area contributed by atoms with E-state index in [4.69, 9.17) is 0 Å². The maximum Gasteiger partial charge on any atom is 0.253 e. The highest BCUT2D eigenvalue weighted by molar-refractivity contribution is 5.79. The average Bonchev–Trinajstić information content (AvgIpc) is 2.29. The second kappa shape index (κ2) is 5.80. The fourth-order valence-electron chi connectivity index (χ4n) is 1.94. The molecule has 1 aliphatic rings. The minimum absolute atomic E-state index is 0.0558. The predicted molar refractivity (Wildman–Crippen MR) is 68.2 cm³/mol. The number of nitrogens with one attached hydrogen (secondary N) is 1. The molecule has 1 aliphatic carbocycles. The van der Waals surface area contributed by atoms with Crippen molar-refractivity contribution in [3.63, 3.8) is 0 Å². The third-order valence-electron chi connectivity index (χ3n) is 3.43. The zero-order chi connectivity index (χ0) is 13.0. The quantitative estimate of drug-likeness (QED) is 0.836. The summed E-state index contributed by atoms with van der Waals surface area (Å²) in [6.07, 6.45) is 5.46. The Hall–Kier alpha value is -1.65. The molecule has 1 aromatic heterocycles. The Labute approximate surface area is 106 Å². The lowest BCUT2D eigenvalue weighted by atomic mass is 9.85. The largest absolute Gasteiger partial charge is 0.354 e. The van der Waals surface area contributed by atoms with Crippen LogP contribution in [0.5, 0.6) is 0 Å². The van der Waals surface area contributed by atoms with Crippen LogP contribution >= 0.6 is 0 Å². The fourth-order valence-corrected chi connectivity index (χ4v) is 1.94. The van der Waals surface area contributed by atoms with Crippen molar-refractivity contribution in [3.8, 4) is 0 Å². The van der Waals surface area contributed by atoms with Crippen molar-refractivity contribution in [1.82, 2.24) is 14.9 Å². The van der Waals surface area contributed by atoms with Gasteiger partial charge in [0.05, 0.1) is 6.33 Å². The van der Waals surface area contributed by atoms with Crippen LogP contribution in [-0.2, 0) is 17.8 Å².